The summed E-state index contributed by atoms with van der Waals surface area (Å²) in [4.78, 5) is 12.7. The van der Waals surface area contributed by atoms with Gasteiger partial charge in [0.15, 0.2) is 5.82 Å². The first kappa shape index (κ1) is 15.5. The number of amides is 1. The Kier molecular flexibility index (Phi) is 4.33. The number of anilines is 1. The summed E-state index contributed by atoms with van der Waals surface area (Å²) in [5.74, 6) is 0.00910. The van der Waals surface area contributed by atoms with E-state index in [0.717, 1.165) is 12.8 Å². The van der Waals surface area contributed by atoms with Crippen LogP contribution in [-0.4, -0.2) is 25.7 Å². The summed E-state index contributed by atoms with van der Waals surface area (Å²) >= 11 is 1.24. The fourth-order valence-electron chi connectivity index (χ4n) is 2.34. The normalized spacial score (nSPS) is 11.3. The van der Waals surface area contributed by atoms with E-state index in [9.17, 15) is 9.18 Å². The smallest absolute Gasteiger partial charge is 0.236 e. The zero-order valence-corrected chi connectivity index (χ0v) is 13.6. The molecule has 1 amide bonds. The summed E-state index contributed by atoms with van der Waals surface area (Å²) in [6.07, 6.45) is 1.56. The summed E-state index contributed by atoms with van der Waals surface area (Å²) in [7, 11) is 0. The third-order valence-corrected chi connectivity index (χ3v) is 4.47. The lowest BCUT2D eigenvalue weighted by atomic mass is 10.0. The van der Waals surface area contributed by atoms with Crippen LogP contribution < -0.4 is 5.32 Å². The number of benzene rings is 1. The van der Waals surface area contributed by atoms with Crippen LogP contribution in [0.2, 0.25) is 0 Å². The molecule has 0 aliphatic carbocycles. The molecule has 6 nitrogen and oxygen atoms in total. The Morgan fingerprint density at radius 3 is 2.83 bits per heavy atom. The van der Waals surface area contributed by atoms with Crippen LogP contribution in [0.1, 0.15) is 26.7 Å². The van der Waals surface area contributed by atoms with Gasteiger partial charge in [0.25, 0.3) is 0 Å². The molecular weight excluding hydrogens is 317 g/mol. The number of carbonyl (C=O) groups excluding carboxylic acids is 1. The minimum absolute atomic E-state index is 0.0352. The van der Waals surface area contributed by atoms with Gasteiger partial charge in [-0.1, -0.05) is 37.3 Å². The Labute approximate surface area is 136 Å². The summed E-state index contributed by atoms with van der Waals surface area (Å²) in [5, 5.41) is 15.7. The number of hydrogen-bond acceptors (Lipinski definition) is 5. The maximum Gasteiger partial charge on any atom is 0.236 e. The zero-order chi connectivity index (χ0) is 16.4. The van der Waals surface area contributed by atoms with Gasteiger partial charge in [-0.2, -0.15) is 4.52 Å². The minimum atomic E-state index is -0.350. The van der Waals surface area contributed by atoms with Crippen LogP contribution in [0.15, 0.2) is 24.3 Å². The number of nitrogens with zero attached hydrogens (tertiary/aromatic N) is 4. The van der Waals surface area contributed by atoms with E-state index in [1.54, 1.807) is 12.1 Å². The number of aromatic nitrogens is 4. The Balaban J connectivity index is 1.90. The Bertz CT molecular complexity index is 839. The van der Waals surface area contributed by atoms with E-state index in [1.165, 1.54) is 28.0 Å². The highest BCUT2D eigenvalue weighted by molar-refractivity contribution is 7.20. The van der Waals surface area contributed by atoms with Crippen molar-refractivity contribution >= 4 is 27.3 Å². The maximum atomic E-state index is 13.4. The molecule has 0 saturated heterocycles. The lowest BCUT2D eigenvalue weighted by Gasteiger charge is -2.10. The van der Waals surface area contributed by atoms with Crippen LogP contribution in [-0.2, 0) is 4.79 Å². The largest absolute Gasteiger partial charge is 0.300 e. The van der Waals surface area contributed by atoms with E-state index in [0.29, 0.717) is 21.5 Å². The number of fused-ring (bicyclic) bond motifs is 1. The summed E-state index contributed by atoms with van der Waals surface area (Å²) in [5.41, 5.74) is 0.584. The van der Waals surface area contributed by atoms with E-state index >= 15 is 0 Å². The first-order chi connectivity index (χ1) is 11.1. The number of nitrogens with one attached hydrogen (secondary N) is 1. The molecule has 3 aromatic rings. The van der Waals surface area contributed by atoms with Crippen molar-refractivity contribution in [1.29, 1.82) is 0 Å². The molecule has 0 aliphatic heterocycles. The van der Waals surface area contributed by atoms with Crippen LogP contribution in [0, 0.1) is 11.7 Å². The quantitative estimate of drug-likeness (QED) is 0.777. The molecule has 0 fully saturated rings. The monoisotopic (exact) mass is 333 g/mol. The van der Waals surface area contributed by atoms with E-state index in [4.69, 9.17) is 0 Å². The van der Waals surface area contributed by atoms with Crippen molar-refractivity contribution in [2.75, 3.05) is 5.32 Å². The molecule has 2 aromatic heterocycles. The van der Waals surface area contributed by atoms with Crippen LogP contribution in [0.5, 0.6) is 0 Å². The van der Waals surface area contributed by atoms with Crippen molar-refractivity contribution < 1.29 is 9.18 Å². The average Bonchev–Trinajstić information content (AvgIpc) is 3.08. The highest BCUT2D eigenvalue weighted by atomic mass is 32.1. The van der Waals surface area contributed by atoms with Crippen molar-refractivity contribution in [3.05, 3.63) is 30.1 Å². The van der Waals surface area contributed by atoms with E-state index in [1.807, 2.05) is 13.8 Å². The summed E-state index contributed by atoms with van der Waals surface area (Å²) in [6.45, 7) is 3.96. The van der Waals surface area contributed by atoms with Crippen molar-refractivity contribution in [1.82, 2.24) is 19.8 Å². The van der Waals surface area contributed by atoms with Crippen LogP contribution in [0.25, 0.3) is 16.3 Å². The molecule has 3 rings (SSSR count). The minimum Gasteiger partial charge on any atom is -0.300 e. The van der Waals surface area contributed by atoms with Gasteiger partial charge < -0.3 is 5.32 Å². The molecule has 1 N–H and O–H groups in total. The molecule has 8 heteroatoms. The fourth-order valence-corrected chi connectivity index (χ4v) is 3.08. The number of hydrogen-bond donors (Lipinski definition) is 1. The predicted molar refractivity (Wildman–Crippen MR) is 86.8 cm³/mol. The first-order valence-electron chi connectivity index (χ1n) is 7.41. The molecule has 0 saturated carbocycles. The van der Waals surface area contributed by atoms with Gasteiger partial charge in [-0.05, 0) is 25.0 Å². The van der Waals surface area contributed by atoms with E-state index < -0.39 is 0 Å². The zero-order valence-electron chi connectivity index (χ0n) is 12.8. The Hall–Kier alpha value is -2.35. The van der Waals surface area contributed by atoms with Crippen LogP contribution in [0.3, 0.4) is 0 Å². The predicted octanol–water partition coefficient (Wildman–Crippen LogP) is 3.37. The fraction of sp³-hybridized carbons (Fsp3) is 0.333. The second-order valence-corrected chi connectivity index (χ2v) is 6.09. The van der Waals surface area contributed by atoms with Gasteiger partial charge in [0.2, 0.25) is 16.0 Å². The van der Waals surface area contributed by atoms with E-state index in [2.05, 4.69) is 20.6 Å². The summed E-state index contributed by atoms with van der Waals surface area (Å²) < 4.78 is 14.9. The molecule has 23 heavy (non-hydrogen) atoms. The van der Waals surface area contributed by atoms with Crippen molar-refractivity contribution in [2.24, 2.45) is 5.92 Å². The van der Waals surface area contributed by atoms with Gasteiger partial charge in [0, 0.05) is 11.5 Å². The molecule has 0 spiro atoms. The Morgan fingerprint density at radius 2 is 2.13 bits per heavy atom. The molecule has 0 unspecified atom stereocenters. The summed E-state index contributed by atoms with van der Waals surface area (Å²) in [6, 6.07) is 6.08. The standard InChI is InChI=1S/C15H16FN5OS/c1-3-9(4-2)13(22)17-14-20-21-12(18-19-15(21)23-14)10-6-5-7-11(16)8-10/h5-9H,3-4H2,1-2H3,(H,17,20,22). The van der Waals surface area contributed by atoms with Crippen molar-refractivity contribution in [3.63, 3.8) is 0 Å². The second-order valence-electron chi connectivity index (χ2n) is 5.14. The van der Waals surface area contributed by atoms with Gasteiger partial charge in [0.05, 0.1) is 0 Å². The van der Waals surface area contributed by atoms with Gasteiger partial charge >= 0.3 is 0 Å². The van der Waals surface area contributed by atoms with Gasteiger partial charge in [-0.3, -0.25) is 4.79 Å². The Morgan fingerprint density at radius 1 is 1.35 bits per heavy atom. The van der Waals surface area contributed by atoms with Gasteiger partial charge in [0.1, 0.15) is 5.82 Å². The van der Waals surface area contributed by atoms with Crippen LogP contribution in [0.4, 0.5) is 9.52 Å². The number of rotatable bonds is 5. The molecule has 0 radical (unpaired) electrons. The highest BCUT2D eigenvalue weighted by Gasteiger charge is 2.18. The highest BCUT2D eigenvalue weighted by Crippen LogP contribution is 2.25. The topological polar surface area (TPSA) is 72.2 Å². The maximum absolute atomic E-state index is 13.4. The third-order valence-electron chi connectivity index (χ3n) is 3.66. The van der Waals surface area contributed by atoms with Crippen LogP contribution >= 0.6 is 11.3 Å². The second kappa shape index (κ2) is 6.41. The molecular formula is C15H16FN5OS. The molecule has 0 bridgehead atoms. The lowest BCUT2D eigenvalue weighted by Crippen LogP contribution is -2.21. The molecule has 1 aromatic carbocycles. The molecule has 2 heterocycles. The van der Waals surface area contributed by atoms with E-state index in [-0.39, 0.29) is 17.6 Å². The third kappa shape index (κ3) is 3.07. The molecule has 120 valence electrons. The van der Waals surface area contributed by atoms with Crippen molar-refractivity contribution in [2.45, 2.75) is 26.7 Å². The SMILES string of the molecule is CCC(CC)C(=O)Nc1nn2c(-c3cccc(F)c3)nnc2s1. The average molecular weight is 333 g/mol. The molecule has 0 atom stereocenters. The number of halogens is 1. The lowest BCUT2D eigenvalue weighted by molar-refractivity contribution is -0.120. The van der Waals surface area contributed by atoms with Gasteiger partial charge in [-0.15, -0.1) is 15.3 Å². The molecule has 0 aliphatic rings. The first-order valence-corrected chi connectivity index (χ1v) is 8.23. The number of carbonyl (C=O) groups is 1. The van der Waals surface area contributed by atoms with Crippen molar-refractivity contribution in [3.8, 4) is 11.4 Å². The van der Waals surface area contributed by atoms with Gasteiger partial charge in [-0.25, -0.2) is 4.39 Å².